The molecule has 0 N–H and O–H groups in total. The van der Waals surface area contributed by atoms with E-state index in [1.165, 1.54) is 12.8 Å². The lowest BCUT2D eigenvalue weighted by Gasteiger charge is -2.60. The number of ether oxygens (including phenoxy) is 2. The second kappa shape index (κ2) is 5.60. The van der Waals surface area contributed by atoms with Gasteiger partial charge in [0.05, 0.1) is 12.5 Å². The maximum Gasteiger partial charge on any atom is 0.410 e. The van der Waals surface area contributed by atoms with Gasteiger partial charge in [-0.1, -0.05) is 0 Å². The number of esters is 1. The molecule has 2 aliphatic carbocycles. The van der Waals surface area contributed by atoms with Gasteiger partial charge in [-0.25, -0.2) is 4.79 Å². The van der Waals surface area contributed by atoms with Crippen LogP contribution in [0, 0.1) is 23.2 Å². The zero-order valence-electron chi connectivity index (χ0n) is 15.8. The highest BCUT2D eigenvalue weighted by atomic mass is 16.6. The normalized spacial score (nSPS) is 33.4. The average Bonchev–Trinajstić information content (AvgIpc) is 2.90. The topological polar surface area (TPSA) is 59.1 Å². The lowest BCUT2D eigenvalue weighted by molar-refractivity contribution is -0.146. The Bertz CT molecular complexity index is 558. The predicted octanol–water partition coefficient (Wildman–Crippen LogP) is 2.13. The molecule has 140 valence electrons. The third-order valence-electron chi connectivity index (χ3n) is 6.34. The lowest BCUT2D eigenvalue weighted by Crippen LogP contribution is -2.67. The molecule has 2 saturated carbocycles. The molecule has 2 saturated heterocycles. The summed E-state index contributed by atoms with van der Waals surface area (Å²) in [5.41, 5.74) is -0.0943. The summed E-state index contributed by atoms with van der Waals surface area (Å²) in [6.07, 6.45) is 2.17. The molecule has 0 aromatic carbocycles. The van der Waals surface area contributed by atoms with Crippen LogP contribution in [0.5, 0.6) is 0 Å². The second-order valence-corrected chi connectivity index (χ2v) is 9.46. The largest absolute Gasteiger partial charge is 0.466 e. The minimum absolute atomic E-state index is 0.00854. The zero-order valence-corrected chi connectivity index (χ0v) is 15.8. The second-order valence-electron chi connectivity index (χ2n) is 9.46. The number of fused-ring (bicyclic) bond motifs is 1. The Balaban J connectivity index is 1.18. The first-order valence-electron chi connectivity index (χ1n) is 9.60. The van der Waals surface area contributed by atoms with Crippen molar-refractivity contribution in [2.24, 2.45) is 23.2 Å². The van der Waals surface area contributed by atoms with Gasteiger partial charge in [-0.15, -0.1) is 0 Å². The van der Waals surface area contributed by atoms with Crippen LogP contribution in [0.25, 0.3) is 0 Å². The molecule has 6 nitrogen and oxygen atoms in total. The minimum Gasteiger partial charge on any atom is -0.466 e. The monoisotopic (exact) mass is 350 g/mol. The van der Waals surface area contributed by atoms with E-state index in [1.807, 2.05) is 32.6 Å². The van der Waals surface area contributed by atoms with E-state index in [-0.39, 0.29) is 18.0 Å². The molecule has 0 bridgehead atoms. The number of rotatable bonds is 3. The Hall–Kier alpha value is -1.30. The highest BCUT2D eigenvalue weighted by molar-refractivity contribution is 5.77. The SMILES string of the molecule is CCOC(=O)[C@H]1[C@@H]2CN(C3CC4(C3)CN(C(=O)OC(C)(C)C)C4)C[C@@H]21. The van der Waals surface area contributed by atoms with Crippen LogP contribution in [0.2, 0.25) is 0 Å². The van der Waals surface area contributed by atoms with Crippen LogP contribution < -0.4 is 0 Å². The molecular weight excluding hydrogens is 320 g/mol. The van der Waals surface area contributed by atoms with Crippen molar-refractivity contribution in [3.8, 4) is 0 Å². The molecule has 25 heavy (non-hydrogen) atoms. The first-order chi connectivity index (χ1) is 11.7. The van der Waals surface area contributed by atoms with Gasteiger partial charge in [0.25, 0.3) is 0 Å². The molecule has 0 radical (unpaired) electrons. The van der Waals surface area contributed by atoms with E-state index in [1.54, 1.807) is 0 Å². The van der Waals surface area contributed by atoms with Crippen molar-refractivity contribution in [3.05, 3.63) is 0 Å². The van der Waals surface area contributed by atoms with Crippen molar-refractivity contribution in [2.75, 3.05) is 32.8 Å². The smallest absolute Gasteiger partial charge is 0.410 e. The molecule has 0 aromatic heterocycles. The van der Waals surface area contributed by atoms with Gasteiger partial charge in [-0.05, 0) is 52.4 Å². The number of amides is 1. The van der Waals surface area contributed by atoms with E-state index in [0.29, 0.717) is 29.9 Å². The van der Waals surface area contributed by atoms with Gasteiger partial charge >= 0.3 is 12.1 Å². The van der Waals surface area contributed by atoms with Crippen molar-refractivity contribution >= 4 is 12.1 Å². The molecular formula is C19H30N2O4. The molecule has 0 unspecified atom stereocenters. The number of likely N-dealkylation sites (tertiary alicyclic amines) is 2. The van der Waals surface area contributed by atoms with Crippen LogP contribution in [0.1, 0.15) is 40.5 Å². The fourth-order valence-corrected chi connectivity index (χ4v) is 5.12. The number of hydrogen-bond acceptors (Lipinski definition) is 5. The summed E-state index contributed by atoms with van der Waals surface area (Å²) in [6.45, 7) is 11.8. The molecule has 4 aliphatic rings. The Morgan fingerprint density at radius 3 is 2.24 bits per heavy atom. The van der Waals surface area contributed by atoms with Crippen molar-refractivity contribution in [2.45, 2.75) is 52.2 Å². The summed E-state index contributed by atoms with van der Waals surface area (Å²) in [7, 11) is 0. The van der Waals surface area contributed by atoms with E-state index in [2.05, 4.69) is 4.90 Å². The van der Waals surface area contributed by atoms with E-state index in [9.17, 15) is 9.59 Å². The highest BCUT2D eigenvalue weighted by Gasteiger charge is 2.63. The highest BCUT2D eigenvalue weighted by Crippen LogP contribution is 2.57. The summed E-state index contributed by atoms with van der Waals surface area (Å²) in [6, 6.07) is 0.636. The quantitative estimate of drug-likeness (QED) is 0.730. The first kappa shape index (κ1) is 17.1. The van der Waals surface area contributed by atoms with Gasteiger partial charge in [-0.2, -0.15) is 0 Å². The van der Waals surface area contributed by atoms with Crippen molar-refractivity contribution < 1.29 is 19.1 Å². The van der Waals surface area contributed by atoms with Crippen molar-refractivity contribution in [3.63, 3.8) is 0 Å². The lowest BCUT2D eigenvalue weighted by atomic mass is 9.60. The van der Waals surface area contributed by atoms with Gasteiger partial charge in [-0.3, -0.25) is 9.69 Å². The minimum atomic E-state index is -0.423. The number of piperidine rings is 1. The van der Waals surface area contributed by atoms with Crippen LogP contribution in [-0.2, 0) is 14.3 Å². The summed E-state index contributed by atoms with van der Waals surface area (Å²) in [5.74, 6) is 1.22. The standard InChI is InChI=1S/C19H30N2O4/c1-5-24-16(22)15-13-8-20(9-14(13)15)12-6-19(7-12)10-21(11-19)17(23)25-18(2,3)4/h12-15H,5-11H2,1-4H3/t13-,14+,15+. The Morgan fingerprint density at radius 2 is 1.72 bits per heavy atom. The Morgan fingerprint density at radius 1 is 1.12 bits per heavy atom. The number of hydrogen-bond donors (Lipinski definition) is 0. The van der Waals surface area contributed by atoms with E-state index < -0.39 is 5.60 Å². The Kier molecular flexibility index (Phi) is 3.84. The van der Waals surface area contributed by atoms with Crippen LogP contribution in [-0.4, -0.2) is 66.3 Å². The predicted molar refractivity (Wildman–Crippen MR) is 91.9 cm³/mol. The van der Waals surface area contributed by atoms with E-state index in [4.69, 9.17) is 9.47 Å². The van der Waals surface area contributed by atoms with Gasteiger partial charge in [0, 0.05) is 37.6 Å². The van der Waals surface area contributed by atoms with Crippen LogP contribution in [0.4, 0.5) is 4.79 Å². The summed E-state index contributed by atoms with van der Waals surface area (Å²) in [5, 5.41) is 0. The summed E-state index contributed by atoms with van der Waals surface area (Å²) >= 11 is 0. The van der Waals surface area contributed by atoms with Gasteiger partial charge < -0.3 is 14.4 Å². The van der Waals surface area contributed by atoms with Crippen LogP contribution in [0.3, 0.4) is 0 Å². The molecule has 2 aliphatic heterocycles. The first-order valence-corrected chi connectivity index (χ1v) is 9.60. The maximum absolute atomic E-state index is 12.1. The van der Waals surface area contributed by atoms with Crippen LogP contribution in [0.15, 0.2) is 0 Å². The maximum atomic E-state index is 12.1. The molecule has 1 amide bonds. The Labute approximate surface area is 149 Å². The molecule has 0 aromatic rings. The molecule has 4 fully saturated rings. The average molecular weight is 350 g/mol. The molecule has 1 spiro atoms. The van der Waals surface area contributed by atoms with E-state index >= 15 is 0 Å². The number of carbonyl (C=O) groups is 2. The third kappa shape index (κ3) is 3.03. The molecule has 3 atom stereocenters. The van der Waals surface area contributed by atoms with Crippen LogP contribution >= 0.6 is 0 Å². The third-order valence-corrected chi connectivity index (χ3v) is 6.34. The van der Waals surface area contributed by atoms with Gasteiger partial charge in [0.2, 0.25) is 0 Å². The number of carbonyl (C=O) groups excluding carboxylic acids is 2. The van der Waals surface area contributed by atoms with Crippen molar-refractivity contribution in [1.29, 1.82) is 0 Å². The molecule has 2 heterocycles. The fraction of sp³-hybridized carbons (Fsp3) is 0.895. The molecule has 4 rings (SSSR count). The fourth-order valence-electron chi connectivity index (χ4n) is 5.12. The molecule has 6 heteroatoms. The summed E-state index contributed by atoms with van der Waals surface area (Å²) in [4.78, 5) is 28.3. The van der Waals surface area contributed by atoms with Gasteiger partial charge in [0.15, 0.2) is 0 Å². The van der Waals surface area contributed by atoms with E-state index in [0.717, 1.165) is 26.2 Å². The zero-order chi connectivity index (χ0) is 18.0. The van der Waals surface area contributed by atoms with Gasteiger partial charge in [0.1, 0.15) is 5.60 Å². The number of nitrogens with zero attached hydrogens (tertiary/aromatic N) is 2. The van der Waals surface area contributed by atoms with Crippen molar-refractivity contribution in [1.82, 2.24) is 9.80 Å². The summed E-state index contributed by atoms with van der Waals surface area (Å²) < 4.78 is 10.6.